The molecule has 0 aromatic heterocycles. The molecule has 1 aliphatic rings. The Morgan fingerprint density at radius 2 is 1.60 bits per heavy atom. The zero-order valence-corrected chi connectivity index (χ0v) is 20.9. The molecule has 0 unspecified atom stereocenters. The van der Waals surface area contributed by atoms with Gasteiger partial charge in [0.1, 0.15) is 0 Å². The summed E-state index contributed by atoms with van der Waals surface area (Å²) < 4.78 is 33.4. The summed E-state index contributed by atoms with van der Waals surface area (Å²) in [4.78, 5) is 15.3. The van der Waals surface area contributed by atoms with Gasteiger partial charge in [-0.3, -0.25) is 14.4 Å². The fraction of sp³-hybridized carbons (Fsp3) is 0.296. The molecule has 0 atom stereocenters. The van der Waals surface area contributed by atoms with E-state index in [0.29, 0.717) is 17.8 Å². The van der Waals surface area contributed by atoms with Crippen LogP contribution in [-0.4, -0.2) is 45.5 Å². The Morgan fingerprint density at radius 1 is 0.914 bits per heavy atom. The Bertz CT molecular complexity index is 1280. The average molecular weight is 494 g/mol. The third kappa shape index (κ3) is 6.48. The van der Waals surface area contributed by atoms with Crippen molar-refractivity contribution in [3.63, 3.8) is 0 Å². The smallest absolute Gasteiger partial charge is 0.261 e. The van der Waals surface area contributed by atoms with Crippen molar-refractivity contribution in [3.8, 4) is 0 Å². The van der Waals surface area contributed by atoms with E-state index in [2.05, 4.69) is 21.0 Å². The number of nitrogens with zero attached hydrogens (tertiary/aromatic N) is 1. The molecule has 1 aliphatic heterocycles. The zero-order valence-electron chi connectivity index (χ0n) is 20.1. The van der Waals surface area contributed by atoms with E-state index in [1.807, 2.05) is 32.0 Å². The Balaban J connectivity index is 1.37. The van der Waals surface area contributed by atoms with Gasteiger partial charge in [0.15, 0.2) is 0 Å². The second-order valence-corrected chi connectivity index (χ2v) is 10.5. The molecule has 1 heterocycles. The molecule has 1 fully saturated rings. The van der Waals surface area contributed by atoms with Gasteiger partial charge in [-0.1, -0.05) is 30.3 Å². The van der Waals surface area contributed by atoms with E-state index in [-0.39, 0.29) is 10.8 Å². The van der Waals surface area contributed by atoms with Gasteiger partial charge < -0.3 is 10.1 Å². The zero-order chi connectivity index (χ0) is 24.8. The van der Waals surface area contributed by atoms with Crippen molar-refractivity contribution < 1.29 is 17.9 Å². The molecular formula is C27H31N3O4S. The number of sulfonamides is 1. The first-order chi connectivity index (χ1) is 16.8. The summed E-state index contributed by atoms with van der Waals surface area (Å²) in [6, 6.07) is 19.6. The van der Waals surface area contributed by atoms with Crippen molar-refractivity contribution in [1.29, 1.82) is 0 Å². The lowest BCUT2D eigenvalue weighted by molar-refractivity contribution is 0.0340. The molecule has 3 aromatic carbocycles. The van der Waals surface area contributed by atoms with Crippen molar-refractivity contribution in [2.75, 3.05) is 31.0 Å². The minimum atomic E-state index is -3.71. The number of amides is 1. The number of nitrogens with one attached hydrogen (secondary N) is 2. The van der Waals surface area contributed by atoms with Gasteiger partial charge in [0.25, 0.3) is 15.9 Å². The lowest BCUT2D eigenvalue weighted by Gasteiger charge is -2.27. The quantitative estimate of drug-likeness (QED) is 0.498. The SMILES string of the molecule is Cc1ccc(S(=O)(=O)Nc2ccc(C(=O)NCc3ccccc3CN3CCOCC3)cc2)cc1C. The minimum Gasteiger partial charge on any atom is -0.379 e. The minimum absolute atomic E-state index is 0.207. The van der Waals surface area contributed by atoms with Crippen LogP contribution < -0.4 is 10.0 Å². The van der Waals surface area contributed by atoms with Crippen LogP contribution in [0, 0.1) is 13.8 Å². The third-order valence-electron chi connectivity index (χ3n) is 6.24. The molecule has 3 aromatic rings. The van der Waals surface area contributed by atoms with E-state index in [1.54, 1.807) is 42.5 Å². The number of anilines is 1. The van der Waals surface area contributed by atoms with Crippen LogP contribution in [0.5, 0.6) is 0 Å². The second-order valence-electron chi connectivity index (χ2n) is 8.77. The maximum absolute atomic E-state index is 12.7. The van der Waals surface area contributed by atoms with Crippen molar-refractivity contribution in [2.24, 2.45) is 0 Å². The van der Waals surface area contributed by atoms with Crippen molar-refractivity contribution >= 4 is 21.6 Å². The first-order valence-corrected chi connectivity index (χ1v) is 13.2. The van der Waals surface area contributed by atoms with Gasteiger partial charge in [-0.05, 0) is 72.5 Å². The molecule has 7 nitrogen and oxygen atoms in total. The monoisotopic (exact) mass is 493 g/mol. The lowest BCUT2D eigenvalue weighted by Crippen LogP contribution is -2.36. The number of benzene rings is 3. The summed E-state index contributed by atoms with van der Waals surface area (Å²) in [7, 11) is -3.71. The summed E-state index contributed by atoms with van der Waals surface area (Å²) in [5.41, 5.74) is 5.06. The van der Waals surface area contributed by atoms with Crippen molar-refractivity contribution in [2.45, 2.75) is 31.8 Å². The highest BCUT2D eigenvalue weighted by Gasteiger charge is 2.16. The van der Waals surface area contributed by atoms with Gasteiger partial charge >= 0.3 is 0 Å². The predicted molar refractivity (Wildman–Crippen MR) is 137 cm³/mol. The number of aryl methyl sites for hydroxylation is 2. The molecule has 1 saturated heterocycles. The highest BCUT2D eigenvalue weighted by molar-refractivity contribution is 7.92. The fourth-order valence-electron chi connectivity index (χ4n) is 3.95. The Kier molecular flexibility index (Phi) is 7.85. The van der Waals surface area contributed by atoms with E-state index >= 15 is 0 Å². The van der Waals surface area contributed by atoms with Gasteiger partial charge in [-0.25, -0.2) is 8.42 Å². The molecule has 1 amide bonds. The fourth-order valence-corrected chi connectivity index (χ4v) is 5.09. The van der Waals surface area contributed by atoms with Crippen LogP contribution in [0.15, 0.2) is 71.6 Å². The molecule has 0 radical (unpaired) electrons. The average Bonchev–Trinajstić information content (AvgIpc) is 2.86. The number of rotatable bonds is 8. The molecule has 0 bridgehead atoms. The maximum atomic E-state index is 12.7. The summed E-state index contributed by atoms with van der Waals surface area (Å²) in [6.07, 6.45) is 0. The second kappa shape index (κ2) is 11.0. The molecule has 2 N–H and O–H groups in total. The van der Waals surface area contributed by atoms with Crippen LogP contribution >= 0.6 is 0 Å². The standard InChI is InChI=1S/C27H31N3O4S/c1-20-7-12-26(17-21(20)2)35(32,33)29-25-10-8-22(9-11-25)27(31)28-18-23-5-3-4-6-24(23)19-30-13-15-34-16-14-30/h3-12,17,29H,13-16,18-19H2,1-2H3,(H,28,31). The van der Waals surface area contributed by atoms with Gasteiger partial charge in [-0.15, -0.1) is 0 Å². The number of ether oxygens (including phenoxy) is 1. The van der Waals surface area contributed by atoms with Gasteiger partial charge in [-0.2, -0.15) is 0 Å². The van der Waals surface area contributed by atoms with Crippen LogP contribution in [0.3, 0.4) is 0 Å². The molecule has 184 valence electrons. The first kappa shape index (κ1) is 24.9. The van der Waals surface area contributed by atoms with Crippen LogP contribution in [0.2, 0.25) is 0 Å². The molecule has 0 saturated carbocycles. The lowest BCUT2D eigenvalue weighted by atomic mass is 10.1. The number of carbonyl (C=O) groups excluding carboxylic acids is 1. The first-order valence-electron chi connectivity index (χ1n) is 11.7. The number of carbonyl (C=O) groups is 1. The van der Waals surface area contributed by atoms with Crippen LogP contribution in [0.25, 0.3) is 0 Å². The molecule has 8 heteroatoms. The van der Waals surface area contributed by atoms with E-state index in [4.69, 9.17) is 4.74 Å². The molecule has 4 rings (SSSR count). The van der Waals surface area contributed by atoms with Gasteiger partial charge in [0.05, 0.1) is 18.1 Å². The number of morpholine rings is 1. The van der Waals surface area contributed by atoms with Crippen molar-refractivity contribution in [1.82, 2.24) is 10.2 Å². The molecule has 0 spiro atoms. The Labute approximate surface area is 207 Å². The van der Waals surface area contributed by atoms with E-state index in [1.165, 1.54) is 5.56 Å². The van der Waals surface area contributed by atoms with Gasteiger partial charge in [0.2, 0.25) is 0 Å². The van der Waals surface area contributed by atoms with Crippen LogP contribution in [0.4, 0.5) is 5.69 Å². The summed E-state index contributed by atoms with van der Waals surface area (Å²) in [6.45, 7) is 8.35. The molecular weight excluding hydrogens is 462 g/mol. The highest BCUT2D eigenvalue weighted by Crippen LogP contribution is 2.19. The molecule has 35 heavy (non-hydrogen) atoms. The van der Waals surface area contributed by atoms with Crippen molar-refractivity contribution in [3.05, 3.63) is 94.5 Å². The van der Waals surface area contributed by atoms with Crippen LogP contribution in [-0.2, 0) is 27.8 Å². The maximum Gasteiger partial charge on any atom is 0.261 e. The largest absolute Gasteiger partial charge is 0.379 e. The highest BCUT2D eigenvalue weighted by atomic mass is 32.2. The number of hydrogen-bond acceptors (Lipinski definition) is 5. The van der Waals surface area contributed by atoms with E-state index < -0.39 is 10.0 Å². The third-order valence-corrected chi connectivity index (χ3v) is 7.62. The molecule has 0 aliphatic carbocycles. The van der Waals surface area contributed by atoms with E-state index in [0.717, 1.165) is 49.5 Å². The Hall–Kier alpha value is -3.20. The normalized spacial score (nSPS) is 14.5. The van der Waals surface area contributed by atoms with Gasteiger partial charge in [0, 0.05) is 37.4 Å². The predicted octanol–water partition coefficient (Wildman–Crippen LogP) is 3.87. The van der Waals surface area contributed by atoms with E-state index in [9.17, 15) is 13.2 Å². The number of hydrogen-bond donors (Lipinski definition) is 2. The summed E-state index contributed by atoms with van der Waals surface area (Å²) >= 11 is 0. The summed E-state index contributed by atoms with van der Waals surface area (Å²) in [5, 5.41) is 2.98. The summed E-state index contributed by atoms with van der Waals surface area (Å²) in [5.74, 6) is -0.213. The Morgan fingerprint density at radius 3 is 2.29 bits per heavy atom. The topological polar surface area (TPSA) is 87.7 Å². The van der Waals surface area contributed by atoms with Crippen LogP contribution in [0.1, 0.15) is 32.6 Å².